The van der Waals surface area contributed by atoms with Gasteiger partial charge in [-0.1, -0.05) is 0 Å². The van der Waals surface area contributed by atoms with Gasteiger partial charge in [0.2, 0.25) is 0 Å². The average molecular weight is 340 g/mol. The molecule has 0 aromatic carbocycles. The summed E-state index contributed by atoms with van der Waals surface area (Å²) in [6.07, 6.45) is 11.0. The molecular weight excluding hydrogens is 320 g/mol. The molecule has 2 aliphatic heterocycles. The Balaban J connectivity index is 1.37. The Bertz CT molecular complexity index is 692. The smallest absolute Gasteiger partial charge is 0.317 e. The molecule has 2 aliphatic rings. The maximum atomic E-state index is 12.1. The molecule has 0 saturated carbocycles. The van der Waals surface area contributed by atoms with Gasteiger partial charge >= 0.3 is 6.03 Å². The predicted molar refractivity (Wildman–Crippen MR) is 91.7 cm³/mol. The second kappa shape index (κ2) is 7.61. The van der Waals surface area contributed by atoms with Crippen molar-refractivity contribution in [2.45, 2.75) is 12.5 Å². The molecule has 0 radical (unpaired) electrons. The van der Waals surface area contributed by atoms with Crippen molar-refractivity contribution in [1.82, 2.24) is 25.1 Å². The van der Waals surface area contributed by atoms with Crippen molar-refractivity contribution in [3.05, 3.63) is 30.9 Å². The fraction of sp³-hybridized carbons (Fsp3) is 0.438. The van der Waals surface area contributed by atoms with Crippen LogP contribution in [0.2, 0.25) is 0 Å². The first-order valence-electron chi connectivity index (χ1n) is 8.13. The van der Waals surface area contributed by atoms with Gasteiger partial charge in [0.15, 0.2) is 6.19 Å². The number of nitrogens with zero attached hydrogens (tertiary/aromatic N) is 5. The van der Waals surface area contributed by atoms with E-state index in [1.807, 2.05) is 0 Å². The van der Waals surface area contributed by atoms with E-state index in [-0.39, 0.29) is 18.0 Å². The van der Waals surface area contributed by atoms with Gasteiger partial charge in [-0.25, -0.2) is 9.78 Å². The van der Waals surface area contributed by atoms with Crippen molar-refractivity contribution in [2.75, 3.05) is 31.5 Å². The lowest BCUT2D eigenvalue weighted by Gasteiger charge is -2.39. The Morgan fingerprint density at radius 2 is 2.24 bits per heavy atom. The highest BCUT2D eigenvalue weighted by Crippen LogP contribution is 2.18. The van der Waals surface area contributed by atoms with Crippen LogP contribution in [0.15, 0.2) is 30.9 Å². The number of carbonyl (C=O) groups excluding carboxylic acids is 1. The van der Waals surface area contributed by atoms with Crippen LogP contribution in [-0.2, 0) is 0 Å². The SMILES string of the molecule is N#CN1CC[C@@H](NC(=O)N2CC(C(=N)/C=C\Nc3cnccn3)C2)C1. The van der Waals surface area contributed by atoms with Gasteiger partial charge in [-0.3, -0.25) is 4.98 Å². The van der Waals surface area contributed by atoms with Crippen LogP contribution in [0, 0.1) is 22.8 Å². The number of aromatic nitrogens is 2. The first kappa shape index (κ1) is 16.7. The molecule has 9 nitrogen and oxygen atoms in total. The van der Waals surface area contributed by atoms with E-state index in [1.165, 1.54) is 0 Å². The number of nitriles is 1. The van der Waals surface area contributed by atoms with E-state index in [1.54, 1.807) is 40.7 Å². The third-order valence-electron chi connectivity index (χ3n) is 4.32. The van der Waals surface area contributed by atoms with Gasteiger partial charge in [0.05, 0.1) is 12.2 Å². The minimum atomic E-state index is -0.115. The predicted octanol–water partition coefficient (Wildman–Crippen LogP) is 0.619. The van der Waals surface area contributed by atoms with Crippen LogP contribution in [-0.4, -0.2) is 63.7 Å². The molecule has 3 rings (SSSR count). The van der Waals surface area contributed by atoms with Crippen LogP contribution in [0.3, 0.4) is 0 Å². The number of hydrogen-bond acceptors (Lipinski definition) is 7. The Kier molecular flexibility index (Phi) is 5.09. The molecule has 2 saturated heterocycles. The summed E-state index contributed by atoms with van der Waals surface area (Å²) in [7, 11) is 0. The summed E-state index contributed by atoms with van der Waals surface area (Å²) in [6, 6.07) is -0.0859. The lowest BCUT2D eigenvalue weighted by Crippen LogP contribution is -2.57. The lowest BCUT2D eigenvalue weighted by molar-refractivity contribution is 0.145. The normalized spacial score (nSPS) is 20.2. The molecule has 3 N–H and O–H groups in total. The molecule has 1 atom stereocenters. The topological polar surface area (TPSA) is 121 Å². The number of urea groups is 1. The Labute approximate surface area is 145 Å². The fourth-order valence-electron chi connectivity index (χ4n) is 2.80. The van der Waals surface area contributed by atoms with Crippen LogP contribution >= 0.6 is 0 Å². The number of amides is 2. The summed E-state index contributed by atoms with van der Waals surface area (Å²) >= 11 is 0. The third-order valence-corrected chi connectivity index (χ3v) is 4.32. The zero-order valence-electron chi connectivity index (χ0n) is 13.7. The number of nitrogens with one attached hydrogen (secondary N) is 3. The molecule has 130 valence electrons. The van der Waals surface area contributed by atoms with Gasteiger partial charge in [-0.15, -0.1) is 0 Å². The molecule has 0 bridgehead atoms. The quantitative estimate of drug-likeness (QED) is 0.534. The second-order valence-corrected chi connectivity index (χ2v) is 6.11. The van der Waals surface area contributed by atoms with E-state index in [9.17, 15) is 4.79 Å². The van der Waals surface area contributed by atoms with Gasteiger partial charge < -0.3 is 25.8 Å². The number of hydrogen-bond donors (Lipinski definition) is 3. The minimum absolute atomic E-state index is 0.0294. The van der Waals surface area contributed by atoms with Crippen LogP contribution in [0.5, 0.6) is 0 Å². The highest BCUT2D eigenvalue weighted by Gasteiger charge is 2.34. The molecule has 25 heavy (non-hydrogen) atoms. The molecule has 3 heterocycles. The summed E-state index contributed by atoms with van der Waals surface area (Å²) < 4.78 is 0. The largest absolute Gasteiger partial charge is 0.345 e. The van der Waals surface area contributed by atoms with E-state index >= 15 is 0 Å². The van der Waals surface area contributed by atoms with E-state index in [0.717, 1.165) is 6.42 Å². The Morgan fingerprint density at radius 1 is 1.40 bits per heavy atom. The zero-order valence-corrected chi connectivity index (χ0v) is 13.7. The molecule has 0 aliphatic carbocycles. The van der Waals surface area contributed by atoms with Crippen molar-refractivity contribution in [3.63, 3.8) is 0 Å². The third kappa shape index (κ3) is 4.23. The molecular formula is C16H20N8O. The van der Waals surface area contributed by atoms with Crippen molar-refractivity contribution < 1.29 is 4.79 Å². The number of carbonyl (C=O) groups is 1. The van der Waals surface area contributed by atoms with Gasteiger partial charge in [0, 0.05) is 56.4 Å². The average Bonchev–Trinajstić information content (AvgIpc) is 3.02. The van der Waals surface area contributed by atoms with Crippen molar-refractivity contribution in [1.29, 1.82) is 10.7 Å². The number of allylic oxidation sites excluding steroid dienone is 1. The van der Waals surface area contributed by atoms with Gasteiger partial charge in [0.1, 0.15) is 5.82 Å². The Hall–Kier alpha value is -3.15. The Morgan fingerprint density at radius 3 is 2.92 bits per heavy atom. The monoisotopic (exact) mass is 340 g/mol. The molecule has 9 heteroatoms. The van der Waals surface area contributed by atoms with E-state index in [0.29, 0.717) is 37.7 Å². The van der Waals surface area contributed by atoms with E-state index in [2.05, 4.69) is 26.8 Å². The standard InChI is InChI=1S/C16H20N8O/c17-11-23-6-2-13(10-23)22-16(25)24-8-12(9-24)14(18)1-3-20-15-7-19-4-5-21-15/h1,3-5,7,12-13,18H,2,6,8-10H2,(H,20,21)(H,22,25)/b3-1-,18-14?/t13-/m1/s1. The van der Waals surface area contributed by atoms with E-state index < -0.39 is 0 Å². The van der Waals surface area contributed by atoms with Crippen molar-refractivity contribution in [2.24, 2.45) is 5.92 Å². The van der Waals surface area contributed by atoms with Crippen LogP contribution in [0.4, 0.5) is 10.6 Å². The summed E-state index contributed by atoms with van der Waals surface area (Å²) in [5, 5.41) is 22.8. The maximum absolute atomic E-state index is 12.1. The molecule has 2 amide bonds. The first-order chi connectivity index (χ1) is 12.2. The molecule has 0 spiro atoms. The van der Waals surface area contributed by atoms with Crippen LogP contribution < -0.4 is 10.6 Å². The summed E-state index contributed by atoms with van der Waals surface area (Å²) in [4.78, 5) is 23.5. The molecule has 2 fully saturated rings. The minimum Gasteiger partial charge on any atom is -0.345 e. The highest BCUT2D eigenvalue weighted by molar-refractivity contribution is 5.96. The second-order valence-electron chi connectivity index (χ2n) is 6.11. The van der Waals surface area contributed by atoms with Gasteiger partial charge in [-0.2, -0.15) is 5.26 Å². The van der Waals surface area contributed by atoms with Crippen molar-refractivity contribution >= 4 is 17.6 Å². The van der Waals surface area contributed by atoms with E-state index in [4.69, 9.17) is 10.7 Å². The van der Waals surface area contributed by atoms with Crippen LogP contribution in [0.25, 0.3) is 0 Å². The summed E-state index contributed by atoms with van der Waals surface area (Å²) in [5.74, 6) is 0.661. The zero-order chi connectivity index (χ0) is 17.6. The summed E-state index contributed by atoms with van der Waals surface area (Å²) in [6.45, 7) is 2.34. The molecule has 0 unspecified atom stereocenters. The molecule has 1 aromatic heterocycles. The fourth-order valence-corrected chi connectivity index (χ4v) is 2.80. The first-order valence-corrected chi connectivity index (χ1v) is 8.13. The van der Waals surface area contributed by atoms with Crippen molar-refractivity contribution in [3.8, 4) is 6.19 Å². The highest BCUT2D eigenvalue weighted by atomic mass is 16.2. The lowest BCUT2D eigenvalue weighted by atomic mass is 9.95. The number of rotatable bonds is 5. The number of likely N-dealkylation sites (tertiary alicyclic amines) is 2. The maximum Gasteiger partial charge on any atom is 0.317 e. The van der Waals surface area contributed by atoms with Gasteiger partial charge in [0.25, 0.3) is 0 Å². The van der Waals surface area contributed by atoms with Crippen LogP contribution in [0.1, 0.15) is 6.42 Å². The van der Waals surface area contributed by atoms with Gasteiger partial charge in [-0.05, 0) is 12.5 Å². The summed E-state index contributed by atoms with van der Waals surface area (Å²) in [5.41, 5.74) is 0.469. The molecule has 1 aromatic rings. The number of anilines is 1.